The highest BCUT2D eigenvalue weighted by Crippen LogP contribution is 2.24. The second-order valence-electron chi connectivity index (χ2n) is 4.22. The average molecular weight is 207 g/mol. The Hall–Kier alpha value is -0.920. The van der Waals surface area contributed by atoms with Crippen LogP contribution in [0.15, 0.2) is 23.7 Å². The summed E-state index contributed by atoms with van der Waals surface area (Å²) in [6, 6.07) is 0. The van der Waals surface area contributed by atoms with Gasteiger partial charge in [-0.15, -0.1) is 0 Å². The molecule has 0 aromatic heterocycles. The van der Waals surface area contributed by atoms with Gasteiger partial charge in [-0.1, -0.05) is 0 Å². The van der Waals surface area contributed by atoms with Crippen molar-refractivity contribution in [3.8, 4) is 0 Å². The lowest BCUT2D eigenvalue weighted by Crippen LogP contribution is -2.06. The average Bonchev–Trinajstić information content (AvgIpc) is 2.86. The van der Waals surface area contributed by atoms with E-state index < -0.39 is 0 Å². The Labute approximate surface area is 92.0 Å². The fraction of sp³-hybridized carbons (Fsp3) is 0.615. The Balaban J connectivity index is 1.65. The van der Waals surface area contributed by atoms with Gasteiger partial charge in [-0.2, -0.15) is 0 Å². The van der Waals surface area contributed by atoms with Crippen LogP contribution in [0.5, 0.6) is 0 Å². The van der Waals surface area contributed by atoms with E-state index in [1.807, 2.05) is 6.92 Å². The first kappa shape index (κ1) is 10.6. The number of ether oxygens (including phenoxy) is 2. The Bertz CT molecular complexity index is 266. The molecule has 2 heteroatoms. The molecule has 0 aromatic carbocycles. The fourth-order valence-electron chi connectivity index (χ4n) is 1.95. The molecule has 1 radical (unpaired) electrons. The SMILES string of the molecule is C[C](COC1=CCCC1)OC1=CCCC1. The lowest BCUT2D eigenvalue weighted by Gasteiger charge is -2.15. The maximum Gasteiger partial charge on any atom is 0.182 e. The molecule has 0 aromatic rings. The van der Waals surface area contributed by atoms with Gasteiger partial charge >= 0.3 is 0 Å². The van der Waals surface area contributed by atoms with Crippen LogP contribution in [0.1, 0.15) is 45.4 Å². The third-order valence-electron chi connectivity index (χ3n) is 2.76. The minimum atomic E-state index is 0.600. The van der Waals surface area contributed by atoms with Gasteiger partial charge in [0.2, 0.25) is 0 Å². The number of hydrogen-bond acceptors (Lipinski definition) is 2. The van der Waals surface area contributed by atoms with Gasteiger partial charge in [0.15, 0.2) is 6.10 Å². The summed E-state index contributed by atoms with van der Waals surface area (Å²) < 4.78 is 11.3. The van der Waals surface area contributed by atoms with Crippen molar-refractivity contribution in [1.82, 2.24) is 0 Å². The zero-order valence-electron chi connectivity index (χ0n) is 9.42. The highest BCUT2D eigenvalue weighted by molar-refractivity contribution is 5.03. The van der Waals surface area contributed by atoms with Crippen LogP contribution in [0.3, 0.4) is 0 Å². The third kappa shape index (κ3) is 3.29. The summed E-state index contributed by atoms with van der Waals surface area (Å²) in [5.74, 6) is 2.26. The van der Waals surface area contributed by atoms with Gasteiger partial charge in [0.25, 0.3) is 0 Å². The number of allylic oxidation sites excluding steroid dienone is 4. The first-order valence-corrected chi connectivity index (χ1v) is 5.86. The molecular weight excluding hydrogens is 188 g/mol. The molecule has 0 aliphatic heterocycles. The Morgan fingerprint density at radius 3 is 2.40 bits per heavy atom. The lowest BCUT2D eigenvalue weighted by atomic mass is 10.3. The number of rotatable bonds is 5. The first-order chi connectivity index (χ1) is 7.34. The monoisotopic (exact) mass is 207 g/mol. The largest absolute Gasteiger partial charge is 0.494 e. The van der Waals surface area contributed by atoms with Gasteiger partial charge in [0.1, 0.15) is 6.61 Å². The van der Waals surface area contributed by atoms with Gasteiger partial charge < -0.3 is 9.47 Å². The summed E-state index contributed by atoms with van der Waals surface area (Å²) in [6.45, 7) is 2.60. The molecule has 2 rings (SSSR count). The molecule has 83 valence electrons. The van der Waals surface area contributed by atoms with Gasteiger partial charge in [-0.25, -0.2) is 0 Å². The molecule has 0 spiro atoms. The van der Waals surface area contributed by atoms with Crippen molar-refractivity contribution >= 4 is 0 Å². The normalized spacial score (nSPS) is 20.4. The molecular formula is C13H19O2. The molecule has 0 unspecified atom stereocenters. The van der Waals surface area contributed by atoms with Crippen LogP contribution in [0.25, 0.3) is 0 Å². The molecule has 0 heterocycles. The third-order valence-corrected chi connectivity index (χ3v) is 2.76. The van der Waals surface area contributed by atoms with Crippen molar-refractivity contribution in [3.05, 3.63) is 29.8 Å². The van der Waals surface area contributed by atoms with Crippen LogP contribution in [-0.2, 0) is 9.47 Å². The number of hydrogen-bond donors (Lipinski definition) is 0. The van der Waals surface area contributed by atoms with E-state index in [0.717, 1.165) is 36.9 Å². The van der Waals surface area contributed by atoms with E-state index in [4.69, 9.17) is 9.47 Å². The van der Waals surface area contributed by atoms with Crippen molar-refractivity contribution in [2.24, 2.45) is 0 Å². The summed E-state index contributed by atoms with van der Waals surface area (Å²) in [6.07, 6.45) is 12.3. The van der Waals surface area contributed by atoms with E-state index in [1.54, 1.807) is 0 Å². The maximum absolute atomic E-state index is 5.70. The van der Waals surface area contributed by atoms with Crippen molar-refractivity contribution in [2.45, 2.75) is 45.4 Å². The summed E-state index contributed by atoms with van der Waals surface area (Å²) in [4.78, 5) is 0. The maximum atomic E-state index is 5.70. The van der Waals surface area contributed by atoms with Crippen LogP contribution in [0.2, 0.25) is 0 Å². The van der Waals surface area contributed by atoms with E-state index in [2.05, 4.69) is 12.2 Å². The molecule has 0 saturated heterocycles. The van der Waals surface area contributed by atoms with E-state index in [9.17, 15) is 0 Å². The molecule has 0 fully saturated rings. The van der Waals surface area contributed by atoms with Crippen LogP contribution >= 0.6 is 0 Å². The minimum absolute atomic E-state index is 0.600. The Morgan fingerprint density at radius 2 is 1.80 bits per heavy atom. The predicted molar refractivity (Wildman–Crippen MR) is 59.8 cm³/mol. The molecule has 0 atom stereocenters. The topological polar surface area (TPSA) is 18.5 Å². The van der Waals surface area contributed by atoms with Crippen LogP contribution in [0.4, 0.5) is 0 Å². The Kier molecular flexibility index (Phi) is 3.70. The molecule has 2 aliphatic carbocycles. The zero-order chi connectivity index (χ0) is 10.5. The Morgan fingerprint density at radius 1 is 1.13 bits per heavy atom. The molecule has 2 nitrogen and oxygen atoms in total. The van der Waals surface area contributed by atoms with Gasteiger partial charge in [0, 0.05) is 12.8 Å². The van der Waals surface area contributed by atoms with Crippen LogP contribution in [0, 0.1) is 6.10 Å². The van der Waals surface area contributed by atoms with E-state index in [-0.39, 0.29) is 0 Å². The van der Waals surface area contributed by atoms with E-state index in [0.29, 0.717) is 6.61 Å². The van der Waals surface area contributed by atoms with Gasteiger partial charge in [0.05, 0.1) is 11.5 Å². The van der Waals surface area contributed by atoms with Gasteiger partial charge in [-0.3, -0.25) is 0 Å². The first-order valence-electron chi connectivity index (χ1n) is 5.86. The molecule has 2 aliphatic rings. The highest BCUT2D eigenvalue weighted by atomic mass is 16.5. The summed E-state index contributed by atoms with van der Waals surface area (Å²) >= 11 is 0. The van der Waals surface area contributed by atoms with Crippen molar-refractivity contribution in [3.63, 3.8) is 0 Å². The van der Waals surface area contributed by atoms with Crippen molar-refractivity contribution < 1.29 is 9.47 Å². The van der Waals surface area contributed by atoms with Crippen molar-refractivity contribution in [2.75, 3.05) is 6.61 Å². The van der Waals surface area contributed by atoms with E-state index >= 15 is 0 Å². The van der Waals surface area contributed by atoms with Crippen LogP contribution < -0.4 is 0 Å². The lowest BCUT2D eigenvalue weighted by molar-refractivity contribution is 0.121. The second-order valence-corrected chi connectivity index (χ2v) is 4.22. The van der Waals surface area contributed by atoms with E-state index in [1.165, 1.54) is 19.3 Å². The van der Waals surface area contributed by atoms with Gasteiger partial charge in [-0.05, 0) is 44.8 Å². The quantitative estimate of drug-likeness (QED) is 0.684. The summed E-state index contributed by atoms with van der Waals surface area (Å²) in [5, 5.41) is 0. The minimum Gasteiger partial charge on any atom is -0.494 e. The predicted octanol–water partition coefficient (Wildman–Crippen LogP) is 3.71. The molecule has 0 saturated carbocycles. The molecule has 15 heavy (non-hydrogen) atoms. The van der Waals surface area contributed by atoms with Crippen LogP contribution in [-0.4, -0.2) is 6.61 Å². The molecule has 0 amide bonds. The second kappa shape index (κ2) is 5.24. The summed E-state index contributed by atoms with van der Waals surface area (Å²) in [5.41, 5.74) is 0. The standard InChI is InChI=1S/C13H19O2/c1-11(15-13-8-4-5-9-13)10-14-12-6-2-3-7-12/h6,8H,2-5,7,9-10H2,1H3. The molecule has 0 N–H and O–H groups in total. The fourth-order valence-corrected chi connectivity index (χ4v) is 1.95. The molecule has 0 bridgehead atoms. The zero-order valence-corrected chi connectivity index (χ0v) is 9.42. The summed E-state index contributed by atoms with van der Waals surface area (Å²) in [7, 11) is 0. The highest BCUT2D eigenvalue weighted by Gasteiger charge is 2.13. The smallest absolute Gasteiger partial charge is 0.182 e. The van der Waals surface area contributed by atoms with Crippen molar-refractivity contribution in [1.29, 1.82) is 0 Å².